The molecule has 6 heteroatoms. The minimum atomic E-state index is -0.198. The average molecular weight is 387 g/mol. The Morgan fingerprint density at radius 3 is 2.25 bits per heavy atom. The van der Waals surface area contributed by atoms with E-state index in [1.54, 1.807) is 6.20 Å². The standard InChI is InChI=1S/C22H17N3O2S/c26-18(15-28-19-13-7-8-14-23-19)24-22-25-20(16-9-3-1-4-10-16)21(27-22)17-11-5-2-6-12-17/h1-14H,15H2,(H,24,25,26). The summed E-state index contributed by atoms with van der Waals surface area (Å²) >= 11 is 1.36. The maximum absolute atomic E-state index is 12.3. The predicted molar refractivity (Wildman–Crippen MR) is 111 cm³/mol. The quantitative estimate of drug-likeness (QED) is 0.464. The van der Waals surface area contributed by atoms with Crippen LogP contribution in [0.1, 0.15) is 0 Å². The van der Waals surface area contributed by atoms with Gasteiger partial charge in [-0.15, -0.1) is 0 Å². The first kappa shape index (κ1) is 18.0. The Kier molecular flexibility index (Phi) is 5.49. The number of carbonyl (C=O) groups excluding carboxylic acids is 1. The average Bonchev–Trinajstić information content (AvgIpc) is 3.18. The first-order chi connectivity index (χ1) is 13.8. The summed E-state index contributed by atoms with van der Waals surface area (Å²) < 4.78 is 5.91. The fourth-order valence-electron chi connectivity index (χ4n) is 2.68. The predicted octanol–water partition coefficient (Wildman–Crippen LogP) is 5.13. The number of pyridine rings is 1. The highest BCUT2D eigenvalue weighted by atomic mass is 32.2. The molecule has 4 aromatic rings. The third-order valence-electron chi connectivity index (χ3n) is 3.95. The van der Waals surface area contributed by atoms with Gasteiger partial charge in [0.05, 0.1) is 10.8 Å². The van der Waals surface area contributed by atoms with Crippen LogP contribution in [0.15, 0.2) is 94.5 Å². The molecule has 0 spiro atoms. The lowest BCUT2D eigenvalue weighted by Crippen LogP contribution is -2.14. The Bertz CT molecular complexity index is 994. The minimum absolute atomic E-state index is 0.185. The van der Waals surface area contributed by atoms with E-state index in [9.17, 15) is 4.79 Å². The zero-order chi connectivity index (χ0) is 19.2. The summed E-state index contributed by atoms with van der Waals surface area (Å²) in [6.07, 6.45) is 1.70. The van der Waals surface area contributed by atoms with E-state index in [1.165, 1.54) is 11.8 Å². The molecule has 5 nitrogen and oxygen atoms in total. The summed E-state index contributed by atoms with van der Waals surface area (Å²) in [4.78, 5) is 21.0. The lowest BCUT2D eigenvalue weighted by atomic mass is 10.1. The number of carbonyl (C=O) groups is 1. The van der Waals surface area contributed by atoms with E-state index >= 15 is 0 Å². The molecule has 2 aromatic carbocycles. The van der Waals surface area contributed by atoms with Gasteiger partial charge < -0.3 is 4.42 Å². The fraction of sp³-hybridized carbons (Fsp3) is 0.0455. The van der Waals surface area contributed by atoms with Crippen LogP contribution in [-0.2, 0) is 4.79 Å². The van der Waals surface area contributed by atoms with Gasteiger partial charge in [0.25, 0.3) is 0 Å². The Morgan fingerprint density at radius 2 is 1.57 bits per heavy atom. The number of thioether (sulfide) groups is 1. The van der Waals surface area contributed by atoms with Crippen LogP contribution in [-0.4, -0.2) is 21.6 Å². The SMILES string of the molecule is O=C(CSc1ccccn1)Nc1nc(-c2ccccc2)c(-c2ccccc2)o1. The second kappa shape index (κ2) is 8.54. The molecular formula is C22H17N3O2S. The zero-order valence-corrected chi connectivity index (χ0v) is 15.7. The molecule has 4 rings (SSSR count). The van der Waals surface area contributed by atoms with Crippen molar-refractivity contribution in [1.29, 1.82) is 0 Å². The molecule has 2 heterocycles. The van der Waals surface area contributed by atoms with E-state index in [0.717, 1.165) is 16.2 Å². The first-order valence-corrected chi connectivity index (χ1v) is 9.73. The highest BCUT2D eigenvalue weighted by Crippen LogP contribution is 2.34. The van der Waals surface area contributed by atoms with Crippen LogP contribution in [0.3, 0.4) is 0 Å². The number of aromatic nitrogens is 2. The van der Waals surface area contributed by atoms with Gasteiger partial charge in [0.1, 0.15) is 5.69 Å². The Hall–Kier alpha value is -3.38. The van der Waals surface area contributed by atoms with Crippen molar-refractivity contribution < 1.29 is 9.21 Å². The fourth-order valence-corrected chi connectivity index (χ4v) is 3.34. The largest absolute Gasteiger partial charge is 0.423 e. The van der Waals surface area contributed by atoms with Crippen LogP contribution < -0.4 is 5.32 Å². The van der Waals surface area contributed by atoms with E-state index in [2.05, 4.69) is 15.3 Å². The third-order valence-corrected chi connectivity index (χ3v) is 4.89. The first-order valence-electron chi connectivity index (χ1n) is 8.75. The van der Waals surface area contributed by atoms with Crippen molar-refractivity contribution in [2.24, 2.45) is 0 Å². The van der Waals surface area contributed by atoms with Gasteiger partial charge in [0.15, 0.2) is 5.76 Å². The summed E-state index contributed by atoms with van der Waals surface area (Å²) in [5.74, 6) is 0.649. The van der Waals surface area contributed by atoms with Gasteiger partial charge >= 0.3 is 6.01 Å². The molecule has 1 amide bonds. The number of anilines is 1. The second-order valence-corrected chi connectivity index (χ2v) is 6.93. The van der Waals surface area contributed by atoms with Crippen LogP contribution in [0.25, 0.3) is 22.6 Å². The monoisotopic (exact) mass is 387 g/mol. The molecule has 0 saturated carbocycles. The normalized spacial score (nSPS) is 10.6. The maximum atomic E-state index is 12.3. The highest BCUT2D eigenvalue weighted by Gasteiger charge is 2.18. The molecule has 1 N–H and O–H groups in total. The number of hydrogen-bond acceptors (Lipinski definition) is 5. The Balaban J connectivity index is 1.56. The summed E-state index contributed by atoms with van der Waals surface area (Å²) in [5.41, 5.74) is 2.52. The molecule has 138 valence electrons. The van der Waals surface area contributed by atoms with Gasteiger partial charge in [-0.05, 0) is 12.1 Å². The molecule has 28 heavy (non-hydrogen) atoms. The molecule has 0 saturated heterocycles. The topological polar surface area (TPSA) is 68.0 Å². The van der Waals surface area contributed by atoms with E-state index in [4.69, 9.17) is 4.42 Å². The van der Waals surface area contributed by atoms with Crippen LogP contribution in [0.4, 0.5) is 6.01 Å². The molecule has 0 aliphatic heterocycles. The smallest absolute Gasteiger partial charge is 0.302 e. The molecule has 0 unspecified atom stereocenters. The van der Waals surface area contributed by atoms with Gasteiger partial charge in [-0.25, -0.2) is 4.98 Å². The van der Waals surface area contributed by atoms with Crippen LogP contribution >= 0.6 is 11.8 Å². The van der Waals surface area contributed by atoms with Crippen LogP contribution in [0.2, 0.25) is 0 Å². The van der Waals surface area contributed by atoms with Gasteiger partial charge in [-0.2, -0.15) is 4.98 Å². The molecule has 2 aromatic heterocycles. The zero-order valence-electron chi connectivity index (χ0n) is 14.9. The molecule has 0 radical (unpaired) electrons. The Morgan fingerprint density at radius 1 is 0.893 bits per heavy atom. The van der Waals surface area contributed by atoms with Crippen molar-refractivity contribution in [1.82, 2.24) is 9.97 Å². The second-order valence-electron chi connectivity index (χ2n) is 5.93. The van der Waals surface area contributed by atoms with Gasteiger partial charge in [-0.1, -0.05) is 78.5 Å². The molecule has 0 fully saturated rings. The van der Waals surface area contributed by atoms with E-state index in [0.29, 0.717) is 11.5 Å². The minimum Gasteiger partial charge on any atom is -0.423 e. The van der Waals surface area contributed by atoms with Crippen molar-refractivity contribution in [3.63, 3.8) is 0 Å². The van der Waals surface area contributed by atoms with Crippen molar-refractivity contribution in [3.8, 4) is 22.6 Å². The number of nitrogens with zero attached hydrogens (tertiary/aromatic N) is 2. The molecule has 0 bridgehead atoms. The molecule has 0 aliphatic carbocycles. The number of benzene rings is 2. The number of nitrogens with one attached hydrogen (secondary N) is 1. The number of amides is 1. The molecule has 0 aliphatic rings. The molecular weight excluding hydrogens is 370 g/mol. The third kappa shape index (κ3) is 4.29. The van der Waals surface area contributed by atoms with Crippen molar-refractivity contribution in [2.45, 2.75) is 5.03 Å². The summed E-state index contributed by atoms with van der Waals surface area (Å²) in [6.45, 7) is 0. The Labute approximate surface area is 166 Å². The summed E-state index contributed by atoms with van der Waals surface area (Å²) in [5, 5.41) is 3.54. The maximum Gasteiger partial charge on any atom is 0.302 e. The van der Waals surface area contributed by atoms with Crippen LogP contribution in [0, 0.1) is 0 Å². The lowest BCUT2D eigenvalue weighted by Gasteiger charge is -2.01. The van der Waals surface area contributed by atoms with Gasteiger partial charge in [0.2, 0.25) is 5.91 Å². The number of rotatable bonds is 6. The van der Waals surface area contributed by atoms with Crippen molar-refractivity contribution in [2.75, 3.05) is 11.1 Å². The molecule has 0 atom stereocenters. The van der Waals surface area contributed by atoms with Gasteiger partial charge in [0, 0.05) is 17.3 Å². The van der Waals surface area contributed by atoms with E-state index < -0.39 is 0 Å². The summed E-state index contributed by atoms with van der Waals surface area (Å²) in [6, 6.07) is 25.3. The van der Waals surface area contributed by atoms with Crippen molar-refractivity contribution in [3.05, 3.63) is 85.1 Å². The van der Waals surface area contributed by atoms with Crippen LogP contribution in [0.5, 0.6) is 0 Å². The summed E-state index contributed by atoms with van der Waals surface area (Å²) in [7, 11) is 0. The van der Waals surface area contributed by atoms with E-state index in [1.807, 2.05) is 78.9 Å². The van der Waals surface area contributed by atoms with E-state index in [-0.39, 0.29) is 17.7 Å². The number of hydrogen-bond donors (Lipinski definition) is 1. The highest BCUT2D eigenvalue weighted by molar-refractivity contribution is 7.99. The number of oxazole rings is 1. The van der Waals surface area contributed by atoms with Gasteiger partial charge in [-0.3, -0.25) is 10.1 Å². The van der Waals surface area contributed by atoms with Crippen molar-refractivity contribution >= 4 is 23.7 Å². The lowest BCUT2D eigenvalue weighted by molar-refractivity contribution is -0.113.